The highest BCUT2D eigenvalue weighted by molar-refractivity contribution is 6.11. The minimum atomic E-state index is 0.897. The van der Waals surface area contributed by atoms with Crippen LogP contribution in [0.2, 0.25) is 0 Å². The van der Waals surface area contributed by atoms with Gasteiger partial charge in [0.15, 0.2) is 0 Å². The van der Waals surface area contributed by atoms with Gasteiger partial charge in [-0.3, -0.25) is 0 Å². The number of benzene rings is 11. The standard InChI is InChI=1S/C68H48N2O/c1-3-46(57-23-7-12-30-64(57)70-65-31-13-8-24-59(65)60-25-9-14-32-66(60)70)42-45(2)54-21-6-11-29-63(54)69(52-39-36-48(37-40-52)58-27-17-28-62-61-26-10-15-33-67(61)71-68(58)62)53-20-16-19-49(44-53)50-38-41-56-51(43-50)35-34-47-18-4-5-22-55(47)56/h3-44H,1-2H3/b45-42+,46-3+. The van der Waals surface area contributed by atoms with Gasteiger partial charge in [-0.05, 0) is 124 Å². The lowest BCUT2D eigenvalue weighted by Crippen LogP contribution is -2.12. The smallest absolute Gasteiger partial charge is 0.143 e. The van der Waals surface area contributed by atoms with Gasteiger partial charge in [-0.25, -0.2) is 0 Å². The van der Waals surface area contributed by atoms with Crippen LogP contribution in [0, 0.1) is 0 Å². The van der Waals surface area contributed by atoms with Gasteiger partial charge >= 0.3 is 0 Å². The lowest BCUT2D eigenvalue weighted by molar-refractivity contribution is 0.670. The Bertz CT molecular complexity index is 4210. The molecule has 0 aliphatic rings. The molecule has 0 saturated heterocycles. The largest absolute Gasteiger partial charge is 0.455 e. The van der Waals surface area contributed by atoms with E-state index in [1.54, 1.807) is 0 Å². The van der Waals surface area contributed by atoms with Crippen LogP contribution < -0.4 is 4.90 Å². The Balaban J connectivity index is 0.941. The van der Waals surface area contributed by atoms with Crippen molar-refractivity contribution >= 4 is 93.5 Å². The van der Waals surface area contributed by atoms with Crippen molar-refractivity contribution in [3.8, 4) is 27.9 Å². The summed E-state index contributed by atoms with van der Waals surface area (Å²) in [5.74, 6) is 0. The fraction of sp³-hybridized carbons (Fsp3) is 0.0294. The molecule has 0 aliphatic carbocycles. The first-order valence-corrected chi connectivity index (χ1v) is 24.4. The number of allylic oxidation sites excluding steroid dienone is 4. The number of hydrogen-bond donors (Lipinski definition) is 0. The normalized spacial score (nSPS) is 12.3. The summed E-state index contributed by atoms with van der Waals surface area (Å²) >= 11 is 0. The van der Waals surface area contributed by atoms with Gasteiger partial charge in [-0.2, -0.15) is 0 Å². The van der Waals surface area contributed by atoms with E-state index >= 15 is 0 Å². The van der Waals surface area contributed by atoms with Gasteiger partial charge in [0.1, 0.15) is 11.2 Å². The number of para-hydroxylation sites is 6. The third-order valence-corrected chi connectivity index (χ3v) is 14.3. The zero-order valence-corrected chi connectivity index (χ0v) is 39.6. The summed E-state index contributed by atoms with van der Waals surface area (Å²) in [5.41, 5.74) is 17.6. The second-order valence-electron chi connectivity index (χ2n) is 18.4. The molecule has 0 saturated carbocycles. The zero-order valence-electron chi connectivity index (χ0n) is 39.6. The second-order valence-corrected chi connectivity index (χ2v) is 18.4. The quantitative estimate of drug-likeness (QED) is 0.106. The van der Waals surface area contributed by atoms with Gasteiger partial charge in [0, 0.05) is 49.6 Å². The fourth-order valence-electron chi connectivity index (χ4n) is 10.9. The highest BCUT2D eigenvalue weighted by Gasteiger charge is 2.21. The van der Waals surface area contributed by atoms with Crippen LogP contribution in [0.15, 0.2) is 259 Å². The van der Waals surface area contributed by atoms with Crippen molar-refractivity contribution in [3.63, 3.8) is 0 Å². The Morgan fingerprint density at radius 1 is 0.437 bits per heavy atom. The summed E-state index contributed by atoms with van der Waals surface area (Å²) in [6.07, 6.45) is 4.60. The first-order chi connectivity index (χ1) is 35.1. The van der Waals surface area contributed by atoms with Crippen LogP contribution in [0.3, 0.4) is 0 Å². The van der Waals surface area contributed by atoms with Gasteiger partial charge in [-0.15, -0.1) is 0 Å². The lowest BCUT2D eigenvalue weighted by Gasteiger charge is -2.29. The summed E-state index contributed by atoms with van der Waals surface area (Å²) in [5, 5.41) is 9.76. The minimum absolute atomic E-state index is 0.897. The molecule has 3 heteroatoms. The Morgan fingerprint density at radius 2 is 1.04 bits per heavy atom. The van der Waals surface area contributed by atoms with E-state index in [0.717, 1.165) is 78.1 Å². The van der Waals surface area contributed by atoms with Crippen LogP contribution in [0.25, 0.3) is 104 Å². The molecule has 13 aromatic rings. The number of hydrogen-bond acceptors (Lipinski definition) is 2. The molecule has 336 valence electrons. The van der Waals surface area contributed by atoms with Crippen LogP contribution in [0.5, 0.6) is 0 Å². The molecule has 0 radical (unpaired) electrons. The molecule has 0 atom stereocenters. The van der Waals surface area contributed by atoms with Crippen molar-refractivity contribution in [2.45, 2.75) is 13.8 Å². The average Bonchev–Trinajstić information content (AvgIpc) is 3.99. The van der Waals surface area contributed by atoms with E-state index in [0.29, 0.717) is 0 Å². The molecule has 0 bridgehead atoms. The topological polar surface area (TPSA) is 21.3 Å². The van der Waals surface area contributed by atoms with Crippen LogP contribution in [-0.4, -0.2) is 4.57 Å². The summed E-state index contributed by atoms with van der Waals surface area (Å²) < 4.78 is 8.94. The molecule has 0 spiro atoms. The van der Waals surface area contributed by atoms with Crippen molar-refractivity contribution in [1.29, 1.82) is 0 Å². The Hall–Kier alpha value is -9.18. The van der Waals surface area contributed by atoms with Crippen molar-refractivity contribution in [3.05, 3.63) is 266 Å². The average molecular weight is 909 g/mol. The Kier molecular flexibility index (Phi) is 10.3. The van der Waals surface area contributed by atoms with Crippen molar-refractivity contribution in [2.24, 2.45) is 0 Å². The van der Waals surface area contributed by atoms with Crippen LogP contribution in [0.1, 0.15) is 25.0 Å². The molecule has 3 nitrogen and oxygen atoms in total. The predicted octanol–water partition coefficient (Wildman–Crippen LogP) is 19.3. The molecule has 2 aromatic heterocycles. The second kappa shape index (κ2) is 17.4. The summed E-state index contributed by atoms with van der Waals surface area (Å²) in [6, 6.07) is 87.8. The number of fused-ring (bicyclic) bond motifs is 9. The number of furan rings is 1. The molecule has 11 aromatic carbocycles. The predicted molar refractivity (Wildman–Crippen MR) is 302 cm³/mol. The van der Waals surface area contributed by atoms with Crippen molar-refractivity contribution in [1.82, 2.24) is 4.57 Å². The van der Waals surface area contributed by atoms with Crippen LogP contribution >= 0.6 is 0 Å². The van der Waals surface area contributed by atoms with Gasteiger partial charge in [0.25, 0.3) is 0 Å². The van der Waals surface area contributed by atoms with Gasteiger partial charge in [0.2, 0.25) is 0 Å². The third-order valence-electron chi connectivity index (χ3n) is 14.3. The molecule has 71 heavy (non-hydrogen) atoms. The summed E-state index contributed by atoms with van der Waals surface area (Å²) in [6.45, 7) is 4.39. The Morgan fingerprint density at radius 3 is 1.85 bits per heavy atom. The highest BCUT2D eigenvalue weighted by atomic mass is 16.3. The maximum absolute atomic E-state index is 6.52. The maximum Gasteiger partial charge on any atom is 0.143 e. The van der Waals surface area contributed by atoms with Gasteiger partial charge < -0.3 is 13.9 Å². The van der Waals surface area contributed by atoms with E-state index in [4.69, 9.17) is 4.42 Å². The number of anilines is 3. The first kappa shape index (κ1) is 42.0. The van der Waals surface area contributed by atoms with Crippen LogP contribution in [0.4, 0.5) is 17.1 Å². The summed E-state index contributed by atoms with van der Waals surface area (Å²) in [4.78, 5) is 2.41. The Labute approximate surface area is 413 Å². The molecular weight excluding hydrogens is 861 g/mol. The van der Waals surface area contributed by atoms with E-state index in [1.807, 2.05) is 12.1 Å². The zero-order chi connectivity index (χ0) is 47.4. The third kappa shape index (κ3) is 7.21. The van der Waals surface area contributed by atoms with Crippen molar-refractivity contribution in [2.75, 3.05) is 4.90 Å². The SMILES string of the molecule is C/C=C(\C=C(/C)c1ccccc1N(c1ccc(-c2cccc3c2oc2ccccc23)cc1)c1cccc(-c2ccc3c(ccc4ccccc43)c2)c1)c1ccccc1-n1c2ccccc2c2ccccc21. The number of nitrogens with zero attached hydrogens (tertiary/aromatic N) is 2. The van der Waals surface area contributed by atoms with Gasteiger partial charge in [-0.1, -0.05) is 194 Å². The van der Waals surface area contributed by atoms with E-state index < -0.39 is 0 Å². The van der Waals surface area contributed by atoms with E-state index in [2.05, 4.69) is 266 Å². The van der Waals surface area contributed by atoms with E-state index in [9.17, 15) is 0 Å². The minimum Gasteiger partial charge on any atom is -0.455 e. The highest BCUT2D eigenvalue weighted by Crippen LogP contribution is 2.44. The van der Waals surface area contributed by atoms with E-state index in [-0.39, 0.29) is 0 Å². The maximum atomic E-state index is 6.52. The number of aromatic nitrogens is 1. The van der Waals surface area contributed by atoms with E-state index in [1.165, 1.54) is 54.5 Å². The molecule has 0 N–H and O–H groups in total. The molecule has 0 aliphatic heterocycles. The van der Waals surface area contributed by atoms with Crippen molar-refractivity contribution < 1.29 is 4.42 Å². The molecule has 0 unspecified atom stereocenters. The monoisotopic (exact) mass is 908 g/mol. The fourth-order valence-corrected chi connectivity index (χ4v) is 10.9. The number of rotatable bonds is 9. The molecule has 2 heterocycles. The lowest BCUT2D eigenvalue weighted by atomic mass is 9.95. The molecule has 0 fully saturated rings. The molecule has 13 rings (SSSR count). The first-order valence-electron chi connectivity index (χ1n) is 24.4. The molecular formula is C68H48N2O. The summed E-state index contributed by atoms with van der Waals surface area (Å²) in [7, 11) is 0. The van der Waals surface area contributed by atoms with Gasteiger partial charge in [0.05, 0.1) is 22.4 Å². The molecule has 0 amide bonds. The van der Waals surface area contributed by atoms with Crippen LogP contribution in [-0.2, 0) is 0 Å².